The molecule has 0 saturated carbocycles. The first-order valence-electron chi connectivity index (χ1n) is 5.19. The lowest BCUT2D eigenvalue weighted by Crippen LogP contribution is -2.36. The van der Waals surface area contributed by atoms with Crippen molar-refractivity contribution < 1.29 is 13.9 Å². The third-order valence-corrected chi connectivity index (χ3v) is 4.50. The Bertz CT molecular complexity index is 423. The summed E-state index contributed by atoms with van der Waals surface area (Å²) in [4.78, 5) is 11.7. The first kappa shape index (κ1) is 13.5. The quantitative estimate of drug-likeness (QED) is 0.741. The van der Waals surface area contributed by atoms with Crippen LogP contribution in [0.1, 0.15) is 25.5 Å². The van der Waals surface area contributed by atoms with Gasteiger partial charge in [-0.05, 0) is 6.07 Å². The molecule has 1 fully saturated rings. The van der Waals surface area contributed by atoms with Crippen molar-refractivity contribution in [2.24, 2.45) is 5.41 Å². The Kier molecular flexibility index (Phi) is 3.71. The van der Waals surface area contributed by atoms with E-state index in [1.165, 1.54) is 0 Å². The molecule has 0 bridgehead atoms. The molecule has 0 spiro atoms. The zero-order valence-electron chi connectivity index (χ0n) is 9.52. The molecule has 2 atom stereocenters. The topological polar surface area (TPSA) is 41.5 Å². The van der Waals surface area contributed by atoms with Gasteiger partial charge in [-0.3, -0.25) is 0 Å². The molecule has 1 aromatic carbocycles. The van der Waals surface area contributed by atoms with Crippen LogP contribution in [0.2, 0.25) is 5.02 Å². The zero-order chi connectivity index (χ0) is 12.7. The lowest BCUT2D eigenvalue weighted by Gasteiger charge is -2.40. The van der Waals surface area contributed by atoms with E-state index < -0.39 is 13.4 Å². The fourth-order valence-corrected chi connectivity index (χ4v) is 3.60. The van der Waals surface area contributed by atoms with Gasteiger partial charge in [-0.2, -0.15) is 9.05 Å². The van der Waals surface area contributed by atoms with E-state index in [4.69, 9.17) is 31.9 Å². The Balaban J connectivity index is 2.38. The van der Waals surface area contributed by atoms with E-state index in [0.29, 0.717) is 5.02 Å². The largest absolute Gasteiger partial charge is 0.617 e. The minimum absolute atomic E-state index is 0.268. The number of rotatable bonds is 1. The highest BCUT2D eigenvalue weighted by atomic mass is 35.7. The van der Waals surface area contributed by atoms with Crippen molar-refractivity contribution in [2.45, 2.75) is 20.0 Å². The summed E-state index contributed by atoms with van der Waals surface area (Å²) in [6.45, 7) is 4.18. The summed E-state index contributed by atoms with van der Waals surface area (Å²) >= 11 is 11.8. The molecule has 1 aromatic rings. The van der Waals surface area contributed by atoms with E-state index in [1.807, 2.05) is 32.0 Å². The highest BCUT2D eigenvalue weighted by Gasteiger charge is 2.49. The summed E-state index contributed by atoms with van der Waals surface area (Å²) < 4.78 is 10.4. The van der Waals surface area contributed by atoms with Gasteiger partial charge in [-0.1, -0.05) is 43.6 Å². The molecule has 0 aliphatic carbocycles. The van der Waals surface area contributed by atoms with E-state index in [2.05, 4.69) is 0 Å². The van der Waals surface area contributed by atoms with E-state index >= 15 is 0 Å². The highest BCUT2D eigenvalue weighted by molar-refractivity contribution is 7.85. The maximum atomic E-state index is 11.7. The fourth-order valence-electron chi connectivity index (χ4n) is 1.78. The van der Waals surface area contributed by atoms with Crippen molar-refractivity contribution in [3.63, 3.8) is 0 Å². The minimum Gasteiger partial charge on any atom is -0.617 e. The molecular weight excluding hydrogens is 282 g/mol. The van der Waals surface area contributed by atoms with E-state index in [1.54, 1.807) is 6.07 Å². The Labute approximate surface area is 111 Å². The summed E-state index contributed by atoms with van der Waals surface area (Å²) in [5.41, 5.74) is 0.441. The normalized spacial score (nSPS) is 32.4. The van der Waals surface area contributed by atoms with Gasteiger partial charge in [-0.15, -0.1) is 0 Å². The Morgan fingerprint density at radius 2 is 2.06 bits per heavy atom. The van der Waals surface area contributed by atoms with Gasteiger partial charge >= 0.3 is 7.30 Å². The van der Waals surface area contributed by atoms with Crippen molar-refractivity contribution >= 4 is 30.1 Å². The van der Waals surface area contributed by atoms with Crippen LogP contribution in [0, 0.1) is 5.41 Å². The fraction of sp³-hybridized carbons (Fsp3) is 0.455. The van der Waals surface area contributed by atoms with Crippen molar-refractivity contribution in [1.82, 2.24) is 0 Å². The van der Waals surface area contributed by atoms with E-state index in [0.717, 1.165) is 5.56 Å². The molecule has 1 aliphatic heterocycles. The first-order valence-corrected chi connectivity index (χ1v) is 8.01. The summed E-state index contributed by atoms with van der Waals surface area (Å²) in [6.07, 6.45) is -0.437. The average molecular weight is 295 g/mol. The molecule has 3 nitrogen and oxygen atoms in total. The van der Waals surface area contributed by atoms with Gasteiger partial charge in [0.15, 0.2) is 11.2 Å². The monoisotopic (exact) mass is 294 g/mol. The van der Waals surface area contributed by atoms with Gasteiger partial charge in [0.05, 0.1) is 0 Å². The van der Waals surface area contributed by atoms with Crippen LogP contribution >= 0.6 is 30.1 Å². The highest BCUT2D eigenvalue weighted by Crippen LogP contribution is 2.67. The summed E-state index contributed by atoms with van der Waals surface area (Å²) in [6, 6.07) is 7.30. The molecule has 1 heterocycles. The minimum atomic E-state index is -3.49. The van der Waals surface area contributed by atoms with Crippen LogP contribution in [-0.2, 0) is 9.05 Å². The standard InChI is InChI=1S/C11H13Cl2O3P/c1-11(2)7-15-17(13,14)16-10(11)8-5-3-4-6-9(8)12/h3-6,10H,7H2,1-2H3/t10-,17?/m0/s1. The van der Waals surface area contributed by atoms with Crippen molar-refractivity contribution in [3.05, 3.63) is 34.9 Å². The number of benzene rings is 1. The van der Waals surface area contributed by atoms with Gasteiger partial charge in [0, 0.05) is 16.0 Å². The summed E-state index contributed by atoms with van der Waals surface area (Å²) in [7, 11) is -3.49. The molecule has 2 rings (SSSR count). The van der Waals surface area contributed by atoms with Crippen LogP contribution in [0.15, 0.2) is 24.3 Å². The second-order valence-electron chi connectivity index (χ2n) is 4.70. The van der Waals surface area contributed by atoms with E-state index in [9.17, 15) is 4.89 Å². The van der Waals surface area contributed by atoms with Gasteiger partial charge < -0.3 is 4.89 Å². The van der Waals surface area contributed by atoms with E-state index in [-0.39, 0.29) is 12.0 Å². The third kappa shape index (κ3) is 2.93. The van der Waals surface area contributed by atoms with Crippen molar-refractivity contribution in [1.29, 1.82) is 0 Å². The molecule has 1 unspecified atom stereocenters. The van der Waals surface area contributed by atoms with Crippen molar-refractivity contribution in [2.75, 3.05) is 6.61 Å². The second kappa shape index (κ2) is 4.65. The van der Waals surface area contributed by atoms with Crippen LogP contribution < -0.4 is 4.89 Å². The van der Waals surface area contributed by atoms with Gasteiger partial charge in [0.1, 0.15) is 12.7 Å². The summed E-state index contributed by atoms with van der Waals surface area (Å²) in [5, 5.41) is 0.573. The van der Waals surface area contributed by atoms with Gasteiger partial charge in [0.2, 0.25) is 0 Å². The zero-order valence-corrected chi connectivity index (χ0v) is 11.9. The molecule has 1 saturated heterocycles. The molecule has 0 aromatic heterocycles. The summed E-state index contributed by atoms with van der Waals surface area (Å²) in [5.74, 6) is 0. The maximum absolute atomic E-state index is 11.7. The number of hydrogen-bond donors (Lipinski definition) is 0. The molecule has 94 valence electrons. The van der Waals surface area contributed by atoms with Crippen LogP contribution in [0.25, 0.3) is 0 Å². The number of hydrogen-bond acceptors (Lipinski definition) is 3. The second-order valence-corrected chi connectivity index (χ2v) is 7.68. The lowest BCUT2D eigenvalue weighted by molar-refractivity contribution is -0.234. The average Bonchev–Trinajstić information content (AvgIpc) is 2.23. The van der Waals surface area contributed by atoms with Crippen LogP contribution in [0.5, 0.6) is 0 Å². The Morgan fingerprint density at radius 1 is 1.41 bits per heavy atom. The smallest absolute Gasteiger partial charge is 0.338 e. The Hall–Kier alpha value is 0.110. The molecule has 17 heavy (non-hydrogen) atoms. The molecule has 0 N–H and O–H groups in total. The molecule has 0 amide bonds. The predicted octanol–water partition coefficient (Wildman–Crippen LogP) is 3.73. The lowest BCUT2D eigenvalue weighted by atomic mass is 9.83. The van der Waals surface area contributed by atoms with Crippen molar-refractivity contribution in [3.8, 4) is 0 Å². The Morgan fingerprint density at radius 3 is 2.71 bits per heavy atom. The maximum Gasteiger partial charge on any atom is 0.338 e. The van der Waals surface area contributed by atoms with Crippen LogP contribution in [0.4, 0.5) is 0 Å². The molecule has 1 aliphatic rings. The molecule has 6 heteroatoms. The molecular formula is C11H13Cl2O3P. The predicted molar refractivity (Wildman–Crippen MR) is 67.8 cm³/mol. The SMILES string of the molecule is CC1(C)CO[P+]([O-])(Cl)O[C@H]1c1ccccc1Cl. The molecule has 0 radical (unpaired) electrons. The first-order chi connectivity index (χ1) is 7.82. The van der Waals surface area contributed by atoms with Crippen LogP contribution in [0.3, 0.4) is 0 Å². The van der Waals surface area contributed by atoms with Gasteiger partial charge in [0.25, 0.3) is 0 Å². The number of halogens is 2. The third-order valence-electron chi connectivity index (χ3n) is 2.72. The van der Waals surface area contributed by atoms with Gasteiger partial charge in [-0.25, -0.2) is 0 Å². The van der Waals surface area contributed by atoms with Crippen LogP contribution in [-0.4, -0.2) is 6.61 Å².